The predicted molar refractivity (Wildman–Crippen MR) is 107 cm³/mol. The van der Waals surface area contributed by atoms with Crippen LogP contribution < -0.4 is 5.32 Å². The van der Waals surface area contributed by atoms with Crippen LogP contribution in [0.5, 0.6) is 0 Å². The zero-order valence-corrected chi connectivity index (χ0v) is 17.0. The number of hydrogen-bond acceptors (Lipinski definition) is 8. The highest BCUT2D eigenvalue weighted by molar-refractivity contribution is 5.86. The van der Waals surface area contributed by atoms with Crippen molar-refractivity contribution in [1.82, 2.24) is 19.6 Å². The average molecular weight is 409 g/mol. The van der Waals surface area contributed by atoms with Crippen LogP contribution >= 0.6 is 0 Å². The van der Waals surface area contributed by atoms with Gasteiger partial charge in [0.25, 0.3) is 0 Å². The summed E-state index contributed by atoms with van der Waals surface area (Å²) in [5, 5.41) is 7.69. The number of anilines is 1. The number of carbonyl (C=O) groups is 1. The molecule has 0 aliphatic carbocycles. The number of aryl methyl sites for hydroxylation is 1. The van der Waals surface area contributed by atoms with E-state index in [-0.39, 0.29) is 12.4 Å². The summed E-state index contributed by atoms with van der Waals surface area (Å²) in [5.41, 5.74) is 3.62. The maximum atomic E-state index is 12.3. The lowest BCUT2D eigenvalue weighted by Crippen LogP contribution is -2.44. The molecule has 156 valence electrons. The Hall–Kier alpha value is -2.88. The fourth-order valence-electron chi connectivity index (χ4n) is 4.02. The first kappa shape index (κ1) is 19.1. The van der Waals surface area contributed by atoms with Crippen molar-refractivity contribution in [1.29, 1.82) is 0 Å². The second-order valence-electron chi connectivity index (χ2n) is 8.09. The van der Waals surface area contributed by atoms with Crippen LogP contribution in [0.4, 0.5) is 5.82 Å². The number of benzene rings is 1. The Labute approximate surface area is 173 Å². The van der Waals surface area contributed by atoms with Gasteiger partial charge < -0.3 is 19.5 Å². The van der Waals surface area contributed by atoms with Gasteiger partial charge in [-0.1, -0.05) is 29.8 Å². The van der Waals surface area contributed by atoms with E-state index in [9.17, 15) is 4.79 Å². The zero-order chi connectivity index (χ0) is 20.9. The largest absolute Gasteiger partial charge is 0.363 e. The molecule has 3 unspecified atom stereocenters. The molecule has 2 aliphatic heterocycles. The van der Waals surface area contributed by atoms with Gasteiger partial charge in [-0.3, -0.25) is 4.79 Å². The van der Waals surface area contributed by atoms with Gasteiger partial charge in [0.1, 0.15) is 25.1 Å². The standard InChI is InChI=1S/C21H23N5O4/c1-12-5-4-6-13(7-12)8-22-19-20-23-9-14(26(20)25-11-24-19)16-18-17(15(27)10-28-16)29-21(2,3)30-18/h4-7,9,11,16-18H,8,10H2,1-3H3,(H,22,24,25). The Morgan fingerprint density at radius 2 is 2.10 bits per heavy atom. The van der Waals surface area contributed by atoms with Gasteiger partial charge in [-0.2, -0.15) is 5.10 Å². The molecule has 2 aliphatic rings. The van der Waals surface area contributed by atoms with Gasteiger partial charge in [-0.25, -0.2) is 14.5 Å². The van der Waals surface area contributed by atoms with Crippen molar-refractivity contribution in [3.63, 3.8) is 0 Å². The first-order chi connectivity index (χ1) is 14.4. The van der Waals surface area contributed by atoms with Crippen molar-refractivity contribution in [3.05, 3.63) is 53.6 Å². The third-order valence-electron chi connectivity index (χ3n) is 5.31. The van der Waals surface area contributed by atoms with Gasteiger partial charge in [0, 0.05) is 6.54 Å². The summed E-state index contributed by atoms with van der Waals surface area (Å²) >= 11 is 0. The van der Waals surface area contributed by atoms with E-state index in [1.54, 1.807) is 24.6 Å². The lowest BCUT2D eigenvalue weighted by Gasteiger charge is -2.29. The average Bonchev–Trinajstić information content (AvgIpc) is 3.28. The molecule has 2 saturated heterocycles. The molecule has 0 saturated carbocycles. The Bertz CT molecular complexity index is 1110. The number of nitrogens with zero attached hydrogens (tertiary/aromatic N) is 4. The summed E-state index contributed by atoms with van der Waals surface area (Å²) in [4.78, 5) is 21.1. The van der Waals surface area contributed by atoms with E-state index < -0.39 is 24.1 Å². The molecule has 1 aromatic carbocycles. The van der Waals surface area contributed by atoms with Crippen molar-refractivity contribution in [2.75, 3.05) is 11.9 Å². The number of nitrogens with one attached hydrogen (secondary N) is 1. The van der Waals surface area contributed by atoms with Crippen LogP contribution in [-0.2, 0) is 25.5 Å². The second kappa shape index (κ2) is 7.12. The number of imidazole rings is 1. The molecular weight excluding hydrogens is 386 g/mol. The molecular formula is C21H23N5O4. The van der Waals surface area contributed by atoms with Crippen LogP contribution in [0.2, 0.25) is 0 Å². The lowest BCUT2D eigenvalue weighted by atomic mass is 9.99. The maximum absolute atomic E-state index is 12.3. The van der Waals surface area contributed by atoms with Crippen molar-refractivity contribution < 1.29 is 19.0 Å². The molecule has 4 heterocycles. The van der Waals surface area contributed by atoms with Crippen LogP contribution in [0.25, 0.3) is 5.65 Å². The normalized spacial score (nSPS) is 25.4. The maximum Gasteiger partial charge on any atom is 0.197 e. The number of Topliss-reactive ketones (excluding diaryl/α,β-unsaturated/α-hetero) is 1. The molecule has 5 rings (SSSR count). The summed E-state index contributed by atoms with van der Waals surface area (Å²) in [5.74, 6) is -0.358. The quantitative estimate of drug-likeness (QED) is 0.700. The van der Waals surface area contributed by atoms with E-state index in [0.717, 1.165) is 5.56 Å². The number of carbonyl (C=O) groups excluding carboxylic acids is 1. The minimum Gasteiger partial charge on any atom is -0.363 e. The molecule has 2 aromatic heterocycles. The van der Waals surface area contributed by atoms with E-state index in [2.05, 4.69) is 45.5 Å². The van der Waals surface area contributed by atoms with E-state index in [0.29, 0.717) is 23.7 Å². The number of aromatic nitrogens is 4. The Balaban J connectivity index is 1.44. The third-order valence-corrected chi connectivity index (χ3v) is 5.31. The molecule has 1 N–H and O–H groups in total. The van der Waals surface area contributed by atoms with Crippen molar-refractivity contribution in [2.45, 2.75) is 51.4 Å². The smallest absolute Gasteiger partial charge is 0.197 e. The lowest BCUT2D eigenvalue weighted by molar-refractivity contribution is -0.155. The first-order valence-electron chi connectivity index (χ1n) is 9.89. The minimum atomic E-state index is -0.854. The first-order valence-corrected chi connectivity index (χ1v) is 9.89. The van der Waals surface area contributed by atoms with Gasteiger partial charge >= 0.3 is 0 Å². The minimum absolute atomic E-state index is 0.0396. The fraction of sp³-hybridized carbons (Fsp3) is 0.429. The summed E-state index contributed by atoms with van der Waals surface area (Å²) in [6.45, 7) is 6.22. The van der Waals surface area contributed by atoms with Gasteiger partial charge in [0.05, 0.1) is 11.9 Å². The number of hydrogen-bond donors (Lipinski definition) is 1. The highest BCUT2D eigenvalue weighted by Crippen LogP contribution is 2.40. The van der Waals surface area contributed by atoms with Crippen LogP contribution in [0.1, 0.15) is 36.8 Å². The number of fused-ring (bicyclic) bond motifs is 2. The van der Waals surface area contributed by atoms with E-state index in [1.807, 2.05) is 6.07 Å². The van der Waals surface area contributed by atoms with Gasteiger partial charge in [-0.05, 0) is 26.3 Å². The highest BCUT2D eigenvalue weighted by Gasteiger charge is 2.52. The molecule has 9 heteroatoms. The number of ether oxygens (including phenoxy) is 3. The van der Waals surface area contributed by atoms with Crippen LogP contribution in [0.15, 0.2) is 36.8 Å². The monoisotopic (exact) mass is 409 g/mol. The van der Waals surface area contributed by atoms with Crippen LogP contribution in [0, 0.1) is 6.92 Å². The van der Waals surface area contributed by atoms with Gasteiger partial charge in [0.15, 0.2) is 29.1 Å². The molecule has 0 bridgehead atoms. The summed E-state index contributed by atoms with van der Waals surface area (Å²) < 4.78 is 19.3. The molecule has 0 spiro atoms. The second-order valence-corrected chi connectivity index (χ2v) is 8.09. The van der Waals surface area contributed by atoms with Crippen LogP contribution in [0.3, 0.4) is 0 Å². The predicted octanol–water partition coefficient (Wildman–Crippen LogP) is 2.21. The van der Waals surface area contributed by atoms with Crippen molar-refractivity contribution >= 4 is 17.2 Å². The summed E-state index contributed by atoms with van der Waals surface area (Å²) in [7, 11) is 0. The molecule has 3 aromatic rings. The van der Waals surface area contributed by atoms with E-state index in [4.69, 9.17) is 14.2 Å². The molecule has 0 radical (unpaired) electrons. The third kappa shape index (κ3) is 3.34. The Kier molecular flexibility index (Phi) is 4.53. The SMILES string of the molecule is Cc1cccc(CNc2ncnn3c(C4OCC(=O)C5OC(C)(C)OC54)cnc23)c1. The van der Waals surface area contributed by atoms with Gasteiger partial charge in [-0.15, -0.1) is 0 Å². The summed E-state index contributed by atoms with van der Waals surface area (Å²) in [6.07, 6.45) is 1.42. The molecule has 3 atom stereocenters. The summed E-state index contributed by atoms with van der Waals surface area (Å²) in [6, 6.07) is 8.26. The van der Waals surface area contributed by atoms with Crippen molar-refractivity contribution in [3.8, 4) is 0 Å². The molecule has 0 amide bonds. The number of rotatable bonds is 4. The Morgan fingerprint density at radius 3 is 2.93 bits per heavy atom. The van der Waals surface area contributed by atoms with Crippen LogP contribution in [-0.4, -0.2) is 50.0 Å². The zero-order valence-electron chi connectivity index (χ0n) is 17.0. The fourth-order valence-corrected chi connectivity index (χ4v) is 4.02. The molecule has 9 nitrogen and oxygen atoms in total. The van der Waals surface area contributed by atoms with Gasteiger partial charge in [0.2, 0.25) is 0 Å². The van der Waals surface area contributed by atoms with E-state index in [1.165, 1.54) is 11.9 Å². The Morgan fingerprint density at radius 1 is 1.23 bits per heavy atom. The van der Waals surface area contributed by atoms with Crippen molar-refractivity contribution in [2.24, 2.45) is 0 Å². The van der Waals surface area contributed by atoms with E-state index >= 15 is 0 Å². The number of ketones is 1. The topological polar surface area (TPSA) is 99.9 Å². The highest BCUT2D eigenvalue weighted by atomic mass is 16.8. The molecule has 30 heavy (non-hydrogen) atoms. The molecule has 2 fully saturated rings.